The fourth-order valence-corrected chi connectivity index (χ4v) is 2.31. The third-order valence-corrected chi connectivity index (χ3v) is 3.36. The van der Waals surface area contributed by atoms with Crippen molar-refractivity contribution in [2.24, 2.45) is 0 Å². The first-order valence-electron chi connectivity index (χ1n) is 6.29. The molecule has 0 spiro atoms. The Kier molecular flexibility index (Phi) is 3.46. The van der Waals surface area contributed by atoms with Gasteiger partial charge < -0.3 is 10.1 Å². The molecule has 3 rings (SSSR count). The van der Waals surface area contributed by atoms with Crippen molar-refractivity contribution in [3.63, 3.8) is 0 Å². The molecule has 2 aromatic heterocycles. The van der Waals surface area contributed by atoms with Crippen molar-refractivity contribution in [3.8, 4) is 0 Å². The highest BCUT2D eigenvalue weighted by molar-refractivity contribution is 6.29. The number of fused-ring (bicyclic) bond motifs is 1. The van der Waals surface area contributed by atoms with E-state index in [4.69, 9.17) is 11.6 Å². The van der Waals surface area contributed by atoms with E-state index in [1.54, 1.807) is 30.5 Å². The summed E-state index contributed by atoms with van der Waals surface area (Å²) in [5.41, 5.74) is 2.27. The number of aromatic nitrogens is 2. The number of nitrogens with zero attached hydrogens (tertiary/aromatic N) is 1. The van der Waals surface area contributed by atoms with E-state index in [0.29, 0.717) is 16.4 Å². The molecule has 0 aliphatic heterocycles. The molecule has 4 nitrogen and oxygen atoms in total. The summed E-state index contributed by atoms with van der Waals surface area (Å²) in [6.45, 7) is 0. The number of carboxylic acids is 1. The number of aromatic amines is 1. The molecule has 5 heteroatoms. The summed E-state index contributed by atoms with van der Waals surface area (Å²) in [7, 11) is 0. The van der Waals surface area contributed by atoms with Crippen molar-refractivity contribution < 1.29 is 9.90 Å². The topological polar surface area (TPSA) is 66.0 Å². The average Bonchev–Trinajstić information content (AvgIpc) is 2.87. The molecular weight excluding hydrogens is 288 g/mol. The molecule has 0 aliphatic carbocycles. The lowest BCUT2D eigenvalue weighted by Gasteiger charge is -2.02. The molecule has 0 saturated carbocycles. The number of pyridine rings is 1. The van der Waals surface area contributed by atoms with Gasteiger partial charge in [-0.05, 0) is 23.8 Å². The summed E-state index contributed by atoms with van der Waals surface area (Å²) in [6, 6.07) is 12.5. The fourth-order valence-electron chi connectivity index (χ4n) is 2.16. The van der Waals surface area contributed by atoms with Gasteiger partial charge in [-0.15, -0.1) is 0 Å². The zero-order chi connectivity index (χ0) is 14.8. The molecule has 2 N–H and O–H groups in total. The van der Waals surface area contributed by atoms with Gasteiger partial charge in [0.1, 0.15) is 10.8 Å². The number of rotatable bonds is 3. The van der Waals surface area contributed by atoms with Crippen LogP contribution in [0.1, 0.15) is 11.1 Å². The first-order valence-corrected chi connectivity index (χ1v) is 6.67. The van der Waals surface area contributed by atoms with Gasteiger partial charge in [0.25, 0.3) is 0 Å². The van der Waals surface area contributed by atoms with Gasteiger partial charge in [0, 0.05) is 17.1 Å². The van der Waals surface area contributed by atoms with Crippen LogP contribution in [0.5, 0.6) is 0 Å². The van der Waals surface area contributed by atoms with Crippen molar-refractivity contribution in [3.05, 3.63) is 64.9 Å². The molecular formula is C16H11ClN2O2. The van der Waals surface area contributed by atoms with Gasteiger partial charge in [-0.25, -0.2) is 9.78 Å². The van der Waals surface area contributed by atoms with E-state index in [9.17, 15) is 9.90 Å². The van der Waals surface area contributed by atoms with Crippen molar-refractivity contribution >= 4 is 40.3 Å². The largest absolute Gasteiger partial charge is 0.478 e. The summed E-state index contributed by atoms with van der Waals surface area (Å²) in [5.74, 6) is -0.975. The Morgan fingerprint density at radius 1 is 1.19 bits per heavy atom. The number of halogens is 1. The van der Waals surface area contributed by atoms with E-state index >= 15 is 0 Å². The molecule has 104 valence electrons. The van der Waals surface area contributed by atoms with E-state index in [0.717, 1.165) is 10.9 Å². The van der Waals surface area contributed by atoms with E-state index in [1.807, 2.05) is 24.3 Å². The van der Waals surface area contributed by atoms with E-state index in [1.165, 1.54) is 0 Å². The second-order valence-electron chi connectivity index (χ2n) is 4.50. The second-order valence-corrected chi connectivity index (χ2v) is 4.89. The second kappa shape index (κ2) is 5.42. The predicted octanol–water partition coefficient (Wildman–Crippen LogP) is 3.84. The fraction of sp³-hybridized carbons (Fsp3) is 0. The Morgan fingerprint density at radius 2 is 1.95 bits per heavy atom. The van der Waals surface area contributed by atoms with Crippen molar-refractivity contribution in [1.29, 1.82) is 0 Å². The summed E-state index contributed by atoms with van der Waals surface area (Å²) >= 11 is 5.84. The Morgan fingerprint density at radius 3 is 2.67 bits per heavy atom. The van der Waals surface area contributed by atoms with E-state index < -0.39 is 5.97 Å². The maximum Gasteiger partial charge on any atom is 0.336 e. The maximum atomic E-state index is 11.5. The number of hydrogen-bond donors (Lipinski definition) is 2. The van der Waals surface area contributed by atoms with Gasteiger partial charge in [0.05, 0.1) is 5.57 Å². The van der Waals surface area contributed by atoms with Crippen LogP contribution in [-0.2, 0) is 4.79 Å². The molecule has 0 unspecified atom stereocenters. The van der Waals surface area contributed by atoms with Crippen molar-refractivity contribution in [2.75, 3.05) is 0 Å². The average molecular weight is 299 g/mol. The van der Waals surface area contributed by atoms with Crippen LogP contribution in [0.3, 0.4) is 0 Å². The molecule has 2 heterocycles. The molecule has 1 aromatic carbocycles. The zero-order valence-corrected chi connectivity index (χ0v) is 11.6. The van der Waals surface area contributed by atoms with Gasteiger partial charge in [0.2, 0.25) is 0 Å². The van der Waals surface area contributed by atoms with Gasteiger partial charge in [0.15, 0.2) is 0 Å². The SMILES string of the molecule is O=C(O)C(=Cc1c[nH]c2nc(Cl)ccc12)c1ccccc1. The van der Waals surface area contributed by atoms with Crippen LogP contribution in [-0.4, -0.2) is 21.0 Å². The van der Waals surface area contributed by atoms with E-state index in [-0.39, 0.29) is 5.57 Å². The van der Waals surface area contributed by atoms with Gasteiger partial charge >= 0.3 is 5.97 Å². The zero-order valence-electron chi connectivity index (χ0n) is 10.9. The molecule has 0 bridgehead atoms. The Hall–Kier alpha value is -2.59. The maximum absolute atomic E-state index is 11.5. The van der Waals surface area contributed by atoms with Crippen LogP contribution in [0, 0.1) is 0 Å². The number of carboxylic acid groups (broad SMARTS) is 1. The third kappa shape index (κ3) is 2.66. The lowest BCUT2D eigenvalue weighted by atomic mass is 10.0. The third-order valence-electron chi connectivity index (χ3n) is 3.15. The standard InChI is InChI=1S/C16H11ClN2O2/c17-14-7-6-12-11(9-18-15(12)19-14)8-13(16(20)21)10-4-2-1-3-5-10/h1-9H,(H,18,19)(H,20,21). The predicted molar refractivity (Wildman–Crippen MR) is 83.1 cm³/mol. The number of carbonyl (C=O) groups is 1. The first kappa shape index (κ1) is 13.4. The number of H-pyrrole nitrogens is 1. The summed E-state index contributed by atoms with van der Waals surface area (Å²) in [5, 5.41) is 10.6. The highest BCUT2D eigenvalue weighted by Crippen LogP contribution is 2.24. The Balaban J connectivity index is 2.14. The number of benzene rings is 1. The van der Waals surface area contributed by atoms with Crippen LogP contribution in [0.4, 0.5) is 0 Å². The molecule has 0 saturated heterocycles. The number of nitrogens with one attached hydrogen (secondary N) is 1. The van der Waals surface area contributed by atoms with Crippen LogP contribution < -0.4 is 0 Å². The van der Waals surface area contributed by atoms with Crippen molar-refractivity contribution in [1.82, 2.24) is 9.97 Å². The van der Waals surface area contributed by atoms with Crippen LogP contribution in [0.15, 0.2) is 48.7 Å². The quantitative estimate of drug-likeness (QED) is 0.570. The summed E-state index contributed by atoms with van der Waals surface area (Å²) in [6.07, 6.45) is 3.35. The number of aliphatic carboxylic acids is 1. The monoisotopic (exact) mass is 298 g/mol. The summed E-state index contributed by atoms with van der Waals surface area (Å²) < 4.78 is 0. The molecule has 3 aromatic rings. The molecule has 0 aliphatic rings. The number of hydrogen-bond acceptors (Lipinski definition) is 2. The molecule has 0 fully saturated rings. The minimum atomic E-state index is -0.975. The molecule has 0 radical (unpaired) electrons. The normalized spacial score (nSPS) is 11.8. The van der Waals surface area contributed by atoms with E-state index in [2.05, 4.69) is 9.97 Å². The smallest absolute Gasteiger partial charge is 0.336 e. The first-order chi connectivity index (χ1) is 10.1. The molecule has 0 atom stereocenters. The van der Waals surface area contributed by atoms with Gasteiger partial charge in [-0.2, -0.15) is 0 Å². The lowest BCUT2D eigenvalue weighted by Crippen LogP contribution is -1.99. The molecule has 21 heavy (non-hydrogen) atoms. The minimum absolute atomic E-state index is 0.228. The lowest BCUT2D eigenvalue weighted by molar-refractivity contribution is -0.130. The minimum Gasteiger partial charge on any atom is -0.478 e. The van der Waals surface area contributed by atoms with Crippen LogP contribution in [0.2, 0.25) is 5.15 Å². The van der Waals surface area contributed by atoms with Crippen LogP contribution in [0.25, 0.3) is 22.7 Å². The van der Waals surface area contributed by atoms with Crippen molar-refractivity contribution in [2.45, 2.75) is 0 Å². The highest BCUT2D eigenvalue weighted by Gasteiger charge is 2.12. The highest BCUT2D eigenvalue weighted by atomic mass is 35.5. The Bertz CT molecular complexity index is 838. The van der Waals surface area contributed by atoms with Gasteiger partial charge in [-0.3, -0.25) is 0 Å². The van der Waals surface area contributed by atoms with Gasteiger partial charge in [-0.1, -0.05) is 41.9 Å². The van der Waals surface area contributed by atoms with Crippen LogP contribution >= 0.6 is 11.6 Å². The Labute approximate surface area is 125 Å². The summed E-state index contributed by atoms with van der Waals surface area (Å²) in [4.78, 5) is 18.6. The molecule has 0 amide bonds.